The van der Waals surface area contributed by atoms with Gasteiger partial charge >= 0.3 is 5.97 Å². The van der Waals surface area contributed by atoms with E-state index in [1.54, 1.807) is 6.92 Å². The molecule has 0 saturated carbocycles. The lowest BCUT2D eigenvalue weighted by atomic mass is 9.97. The van der Waals surface area contributed by atoms with Crippen molar-refractivity contribution in [1.29, 1.82) is 0 Å². The fraction of sp³-hybridized carbons (Fsp3) is 0.464. The van der Waals surface area contributed by atoms with Crippen LogP contribution in [0.4, 0.5) is 0 Å². The van der Waals surface area contributed by atoms with Gasteiger partial charge in [0.1, 0.15) is 18.1 Å². The van der Waals surface area contributed by atoms with E-state index in [0.717, 1.165) is 16.5 Å². The number of para-hydroxylation sites is 1. The molecule has 0 spiro atoms. The largest absolute Gasteiger partial charge is 0.480 e. The summed E-state index contributed by atoms with van der Waals surface area (Å²) in [5, 5.41) is 18.7. The normalized spacial score (nSPS) is 14.9. The number of benzene rings is 1. The Hall–Kier alpha value is -3.84. The fourth-order valence-corrected chi connectivity index (χ4v) is 4.92. The number of thioether (sulfide) groups is 1. The van der Waals surface area contributed by atoms with E-state index < -0.39 is 47.9 Å². The van der Waals surface area contributed by atoms with Gasteiger partial charge in [0.2, 0.25) is 17.7 Å². The van der Waals surface area contributed by atoms with Gasteiger partial charge in [0.25, 0.3) is 0 Å². The Morgan fingerprint density at radius 1 is 1.02 bits per heavy atom. The Morgan fingerprint density at radius 2 is 1.76 bits per heavy atom. The molecule has 0 radical (unpaired) electrons. The summed E-state index contributed by atoms with van der Waals surface area (Å²) in [5.41, 5.74) is 8.63. The van der Waals surface area contributed by atoms with E-state index in [1.807, 2.05) is 43.6 Å². The highest BCUT2D eigenvalue weighted by Gasteiger charge is 2.33. The van der Waals surface area contributed by atoms with Crippen molar-refractivity contribution < 1.29 is 24.3 Å². The van der Waals surface area contributed by atoms with E-state index in [4.69, 9.17) is 5.73 Å². The Bertz CT molecular complexity index is 1310. The van der Waals surface area contributed by atoms with E-state index in [2.05, 4.69) is 30.9 Å². The minimum atomic E-state index is -1.22. The molecule has 1 aromatic carbocycles. The number of aliphatic carboxylic acids is 1. The number of hydrogen-bond acceptors (Lipinski definition) is 7. The zero-order valence-electron chi connectivity index (χ0n) is 23.5. The summed E-state index contributed by atoms with van der Waals surface area (Å²) in [7, 11) is 0. The van der Waals surface area contributed by atoms with Gasteiger partial charge in [0, 0.05) is 35.4 Å². The summed E-state index contributed by atoms with van der Waals surface area (Å²) >= 11 is 1.52. The number of carboxylic acids is 1. The standard InChI is InChI=1S/C28H39N7O5S/c1-4-16(2)24(27(38)34-23(28(39)40)12-18-14-30-15-32-18)35-26(37)22(9-10-41-3)33-25(36)20(29)11-17-13-31-21-8-6-5-7-19(17)21/h5-8,13-16,20,22-24,31H,4,9-12,29H2,1-3H3,(H,30,32)(H,33,36)(H,34,38)(H,35,37)(H,39,40). The Balaban J connectivity index is 1.69. The second kappa shape index (κ2) is 15.2. The number of aromatic nitrogens is 3. The van der Waals surface area contributed by atoms with E-state index in [-0.39, 0.29) is 18.8 Å². The lowest BCUT2D eigenvalue weighted by Gasteiger charge is -2.28. The molecule has 0 aliphatic carbocycles. The molecule has 13 heteroatoms. The molecule has 5 atom stereocenters. The Morgan fingerprint density at radius 3 is 2.41 bits per heavy atom. The number of nitrogens with one attached hydrogen (secondary N) is 5. The number of H-pyrrole nitrogens is 2. The molecule has 8 N–H and O–H groups in total. The van der Waals surface area contributed by atoms with Crippen molar-refractivity contribution in [3.05, 3.63) is 54.2 Å². The SMILES string of the molecule is CCC(C)C(NC(=O)C(CCSC)NC(=O)C(N)Cc1c[nH]c2ccccc12)C(=O)NC(Cc1cnc[nH]1)C(=O)O. The smallest absolute Gasteiger partial charge is 0.326 e. The number of carboxylic acid groups (broad SMARTS) is 1. The quantitative estimate of drug-likeness (QED) is 0.131. The second-order valence-electron chi connectivity index (χ2n) is 10.1. The molecule has 5 unspecified atom stereocenters. The van der Waals surface area contributed by atoms with Crippen LogP contribution in [0.25, 0.3) is 10.9 Å². The number of imidazole rings is 1. The molecule has 3 aromatic rings. The van der Waals surface area contributed by atoms with E-state index in [0.29, 0.717) is 24.3 Å². The maximum atomic E-state index is 13.4. The summed E-state index contributed by atoms with van der Waals surface area (Å²) in [5.74, 6) is -2.57. The number of carbonyl (C=O) groups is 4. The Kier molecular flexibility index (Phi) is 11.8. The number of aromatic amines is 2. The van der Waals surface area contributed by atoms with Crippen LogP contribution in [0.3, 0.4) is 0 Å². The number of nitrogens with two attached hydrogens (primary N) is 1. The van der Waals surface area contributed by atoms with Gasteiger partial charge in [-0.2, -0.15) is 11.8 Å². The maximum Gasteiger partial charge on any atom is 0.326 e. The predicted octanol–water partition coefficient (Wildman–Crippen LogP) is 1.34. The van der Waals surface area contributed by atoms with Gasteiger partial charge < -0.3 is 36.8 Å². The van der Waals surface area contributed by atoms with Crippen LogP contribution in [0.5, 0.6) is 0 Å². The minimum absolute atomic E-state index is 0.00295. The first-order chi connectivity index (χ1) is 19.6. The highest BCUT2D eigenvalue weighted by Crippen LogP contribution is 2.19. The maximum absolute atomic E-state index is 13.4. The van der Waals surface area contributed by atoms with Gasteiger partial charge in [-0.3, -0.25) is 14.4 Å². The number of carbonyl (C=O) groups excluding carboxylic acids is 3. The van der Waals surface area contributed by atoms with Crippen LogP contribution in [0, 0.1) is 5.92 Å². The minimum Gasteiger partial charge on any atom is -0.480 e. The van der Waals surface area contributed by atoms with Crippen LogP contribution < -0.4 is 21.7 Å². The Labute approximate surface area is 243 Å². The molecule has 2 aromatic heterocycles. The van der Waals surface area contributed by atoms with Crippen molar-refractivity contribution in [2.75, 3.05) is 12.0 Å². The van der Waals surface area contributed by atoms with Gasteiger partial charge in [-0.25, -0.2) is 9.78 Å². The number of nitrogens with zero attached hydrogens (tertiary/aromatic N) is 1. The van der Waals surface area contributed by atoms with Crippen molar-refractivity contribution in [3.63, 3.8) is 0 Å². The highest BCUT2D eigenvalue weighted by molar-refractivity contribution is 7.98. The molecule has 0 fully saturated rings. The van der Waals surface area contributed by atoms with Gasteiger partial charge in [-0.1, -0.05) is 38.5 Å². The first-order valence-corrected chi connectivity index (χ1v) is 14.9. The average Bonchev–Trinajstić information content (AvgIpc) is 3.62. The van der Waals surface area contributed by atoms with Gasteiger partial charge in [-0.05, 0) is 42.4 Å². The zero-order chi connectivity index (χ0) is 29.9. The molecule has 3 amide bonds. The van der Waals surface area contributed by atoms with Crippen molar-refractivity contribution in [1.82, 2.24) is 30.9 Å². The van der Waals surface area contributed by atoms with E-state index >= 15 is 0 Å². The third-order valence-electron chi connectivity index (χ3n) is 7.08. The number of hydrogen-bond donors (Lipinski definition) is 7. The van der Waals surface area contributed by atoms with Crippen LogP contribution in [0.1, 0.15) is 37.9 Å². The molecular formula is C28H39N7O5S. The summed E-state index contributed by atoms with van der Waals surface area (Å²) in [6.45, 7) is 3.66. The molecule has 222 valence electrons. The van der Waals surface area contributed by atoms with Gasteiger partial charge in [0.15, 0.2) is 0 Å². The molecule has 0 bridgehead atoms. The monoisotopic (exact) mass is 585 g/mol. The molecule has 41 heavy (non-hydrogen) atoms. The number of rotatable bonds is 16. The number of fused-ring (bicyclic) bond motifs is 1. The average molecular weight is 586 g/mol. The summed E-state index contributed by atoms with van der Waals surface area (Å²) in [6.07, 6.45) is 7.77. The predicted molar refractivity (Wildman–Crippen MR) is 158 cm³/mol. The van der Waals surface area contributed by atoms with Crippen LogP contribution in [0.2, 0.25) is 0 Å². The summed E-state index contributed by atoms with van der Waals surface area (Å²) in [6, 6.07) is 3.66. The van der Waals surface area contributed by atoms with Crippen molar-refractivity contribution in [3.8, 4) is 0 Å². The molecule has 0 aliphatic heterocycles. The van der Waals surface area contributed by atoms with Crippen molar-refractivity contribution in [2.24, 2.45) is 11.7 Å². The van der Waals surface area contributed by atoms with Crippen LogP contribution >= 0.6 is 11.8 Å². The van der Waals surface area contributed by atoms with Crippen molar-refractivity contribution >= 4 is 46.4 Å². The van der Waals surface area contributed by atoms with Crippen LogP contribution in [-0.4, -0.2) is 79.9 Å². The van der Waals surface area contributed by atoms with Crippen molar-refractivity contribution in [2.45, 2.75) is 63.7 Å². The molecule has 2 heterocycles. The molecule has 0 aliphatic rings. The van der Waals surface area contributed by atoms with E-state index in [1.165, 1.54) is 24.3 Å². The highest BCUT2D eigenvalue weighted by atomic mass is 32.2. The van der Waals surface area contributed by atoms with Gasteiger partial charge in [0.05, 0.1) is 12.4 Å². The first-order valence-electron chi connectivity index (χ1n) is 13.5. The third kappa shape index (κ3) is 8.82. The second-order valence-corrected chi connectivity index (χ2v) is 11.1. The topological polar surface area (TPSA) is 195 Å². The fourth-order valence-electron chi connectivity index (χ4n) is 4.45. The lowest BCUT2D eigenvalue weighted by Crippen LogP contribution is -2.59. The zero-order valence-corrected chi connectivity index (χ0v) is 24.3. The summed E-state index contributed by atoms with van der Waals surface area (Å²) in [4.78, 5) is 61.5. The van der Waals surface area contributed by atoms with Crippen LogP contribution in [0.15, 0.2) is 43.0 Å². The molecule has 3 rings (SSSR count). The summed E-state index contributed by atoms with van der Waals surface area (Å²) < 4.78 is 0. The molecule has 0 saturated heterocycles. The third-order valence-corrected chi connectivity index (χ3v) is 7.73. The molecular weight excluding hydrogens is 546 g/mol. The lowest BCUT2D eigenvalue weighted by molar-refractivity contribution is -0.142. The molecule has 12 nitrogen and oxygen atoms in total. The van der Waals surface area contributed by atoms with Crippen LogP contribution in [-0.2, 0) is 32.0 Å². The van der Waals surface area contributed by atoms with Gasteiger partial charge in [-0.15, -0.1) is 0 Å². The number of amides is 3. The van der Waals surface area contributed by atoms with E-state index in [9.17, 15) is 24.3 Å². The first kappa shape index (κ1) is 31.7.